The minimum Gasteiger partial charge on any atom is -0.480 e. The number of ether oxygens (including phenoxy) is 1. The summed E-state index contributed by atoms with van der Waals surface area (Å²) in [4.78, 5) is 23.7. The van der Waals surface area contributed by atoms with E-state index in [0.717, 1.165) is 32.1 Å². The number of esters is 1. The Kier molecular flexibility index (Phi) is 10.8. The molecule has 1 N–H and O–H groups in total. The molecule has 1 fully saturated rings. The van der Waals surface area contributed by atoms with E-state index >= 15 is 0 Å². The van der Waals surface area contributed by atoms with Gasteiger partial charge in [-0.05, 0) is 19.3 Å². The summed E-state index contributed by atoms with van der Waals surface area (Å²) in [5, 5.41) is 9.44. The molecule has 4 nitrogen and oxygen atoms in total. The maximum absolute atomic E-state index is 12.2. The van der Waals surface area contributed by atoms with Crippen molar-refractivity contribution in [3.63, 3.8) is 0 Å². The van der Waals surface area contributed by atoms with Crippen LogP contribution >= 0.6 is 0 Å². The van der Waals surface area contributed by atoms with Crippen LogP contribution in [0.5, 0.6) is 0 Å². The van der Waals surface area contributed by atoms with Crippen molar-refractivity contribution in [3.8, 4) is 0 Å². The maximum atomic E-state index is 12.2. The third-order valence-corrected chi connectivity index (χ3v) is 5.24. The van der Waals surface area contributed by atoms with E-state index in [2.05, 4.69) is 6.92 Å². The first-order valence-electron chi connectivity index (χ1n) is 10.0. The lowest BCUT2D eigenvalue weighted by Crippen LogP contribution is -2.42. The third kappa shape index (κ3) is 7.23. The van der Waals surface area contributed by atoms with Gasteiger partial charge in [0.2, 0.25) is 0 Å². The van der Waals surface area contributed by atoms with E-state index in [0.29, 0.717) is 19.4 Å². The Balaban J connectivity index is 2.05. The van der Waals surface area contributed by atoms with Gasteiger partial charge in [-0.2, -0.15) is 0 Å². The van der Waals surface area contributed by atoms with Gasteiger partial charge in [-0.3, -0.25) is 9.59 Å². The molecule has 0 aromatic carbocycles. The quantitative estimate of drug-likeness (QED) is 0.274. The molecule has 140 valence electrons. The summed E-state index contributed by atoms with van der Waals surface area (Å²) in [6, 6.07) is 0. The smallest absolute Gasteiger partial charge is 0.323 e. The van der Waals surface area contributed by atoms with E-state index in [1.165, 1.54) is 51.4 Å². The minimum absolute atomic E-state index is 0.365. The SMILES string of the molecule is CCCCCCCCCCCCOC(=O)C1(C(=O)O)CCCCC1. The maximum Gasteiger partial charge on any atom is 0.323 e. The first-order chi connectivity index (χ1) is 11.6. The minimum atomic E-state index is -1.27. The second-order valence-electron chi connectivity index (χ2n) is 7.27. The lowest BCUT2D eigenvalue weighted by Gasteiger charge is -2.30. The van der Waals surface area contributed by atoms with E-state index < -0.39 is 17.4 Å². The van der Waals surface area contributed by atoms with E-state index in [1.807, 2.05) is 0 Å². The van der Waals surface area contributed by atoms with Crippen molar-refractivity contribution in [2.24, 2.45) is 5.41 Å². The predicted molar refractivity (Wildman–Crippen MR) is 96.0 cm³/mol. The van der Waals surface area contributed by atoms with Crippen molar-refractivity contribution in [2.75, 3.05) is 6.61 Å². The lowest BCUT2D eigenvalue weighted by atomic mass is 9.74. The van der Waals surface area contributed by atoms with E-state index in [9.17, 15) is 14.7 Å². The van der Waals surface area contributed by atoms with Crippen molar-refractivity contribution in [3.05, 3.63) is 0 Å². The number of aliphatic carboxylic acids is 1. The zero-order valence-corrected chi connectivity index (χ0v) is 15.5. The highest BCUT2D eigenvalue weighted by molar-refractivity contribution is 5.99. The molecule has 24 heavy (non-hydrogen) atoms. The van der Waals surface area contributed by atoms with Crippen LogP contribution in [-0.2, 0) is 14.3 Å². The third-order valence-electron chi connectivity index (χ3n) is 5.24. The molecule has 1 rings (SSSR count). The van der Waals surface area contributed by atoms with Crippen LogP contribution in [0.3, 0.4) is 0 Å². The number of carbonyl (C=O) groups excluding carboxylic acids is 1. The highest BCUT2D eigenvalue weighted by Gasteiger charge is 2.48. The molecule has 0 unspecified atom stereocenters. The molecule has 0 bridgehead atoms. The summed E-state index contributed by atoms with van der Waals surface area (Å²) >= 11 is 0. The largest absolute Gasteiger partial charge is 0.480 e. The van der Waals surface area contributed by atoms with Crippen molar-refractivity contribution in [1.82, 2.24) is 0 Å². The molecule has 4 heteroatoms. The van der Waals surface area contributed by atoms with Gasteiger partial charge < -0.3 is 9.84 Å². The molecule has 0 saturated heterocycles. The number of unbranched alkanes of at least 4 members (excludes halogenated alkanes) is 9. The van der Waals surface area contributed by atoms with E-state index in [1.54, 1.807) is 0 Å². The second kappa shape index (κ2) is 12.3. The van der Waals surface area contributed by atoms with Crippen molar-refractivity contribution < 1.29 is 19.4 Å². The molecule has 0 atom stereocenters. The van der Waals surface area contributed by atoms with Gasteiger partial charge in [-0.1, -0.05) is 84.0 Å². The van der Waals surface area contributed by atoms with Crippen molar-refractivity contribution in [1.29, 1.82) is 0 Å². The van der Waals surface area contributed by atoms with Crippen LogP contribution in [-0.4, -0.2) is 23.7 Å². The number of carboxylic acids is 1. The molecule has 0 aliphatic heterocycles. The van der Waals surface area contributed by atoms with Crippen LogP contribution in [0.2, 0.25) is 0 Å². The molecule has 0 radical (unpaired) electrons. The Bertz CT molecular complexity index is 359. The zero-order valence-electron chi connectivity index (χ0n) is 15.5. The highest BCUT2D eigenvalue weighted by Crippen LogP contribution is 2.37. The van der Waals surface area contributed by atoms with Gasteiger partial charge in [0.05, 0.1) is 6.61 Å². The number of carboxylic acid groups (broad SMARTS) is 1. The molecular weight excluding hydrogens is 304 g/mol. The first-order valence-corrected chi connectivity index (χ1v) is 10.0. The lowest BCUT2D eigenvalue weighted by molar-refractivity contribution is -0.171. The fourth-order valence-corrected chi connectivity index (χ4v) is 3.55. The highest BCUT2D eigenvalue weighted by atomic mass is 16.5. The van der Waals surface area contributed by atoms with Gasteiger partial charge in [0.25, 0.3) is 0 Å². The van der Waals surface area contributed by atoms with E-state index in [4.69, 9.17) is 4.74 Å². The summed E-state index contributed by atoms with van der Waals surface area (Å²) < 4.78 is 5.30. The Morgan fingerprint density at radius 2 is 1.33 bits per heavy atom. The molecule has 0 amide bonds. The number of rotatable bonds is 13. The van der Waals surface area contributed by atoms with Gasteiger partial charge in [-0.25, -0.2) is 0 Å². The summed E-state index contributed by atoms with van der Waals surface area (Å²) in [5.74, 6) is -1.51. The molecule has 0 spiro atoms. The average molecular weight is 341 g/mol. The topological polar surface area (TPSA) is 63.6 Å². The Hall–Kier alpha value is -1.06. The van der Waals surface area contributed by atoms with Crippen LogP contribution in [0.15, 0.2) is 0 Å². The summed E-state index contributed by atoms with van der Waals surface area (Å²) in [5.41, 5.74) is -1.27. The second-order valence-corrected chi connectivity index (χ2v) is 7.27. The molecule has 1 aliphatic rings. The van der Waals surface area contributed by atoms with Crippen LogP contribution < -0.4 is 0 Å². The standard InChI is InChI=1S/C20H36O4/c1-2-3-4-5-6-7-8-9-10-14-17-24-19(23)20(18(21)22)15-12-11-13-16-20/h2-17H2,1H3,(H,21,22). The van der Waals surface area contributed by atoms with Crippen LogP contribution in [0.4, 0.5) is 0 Å². The van der Waals surface area contributed by atoms with Gasteiger partial charge >= 0.3 is 11.9 Å². The Morgan fingerprint density at radius 1 is 0.833 bits per heavy atom. The predicted octanol–water partition coefficient (Wildman–Crippen LogP) is 5.49. The molecule has 0 aromatic heterocycles. The van der Waals surface area contributed by atoms with E-state index in [-0.39, 0.29) is 0 Å². The van der Waals surface area contributed by atoms with Crippen molar-refractivity contribution >= 4 is 11.9 Å². The molecule has 0 heterocycles. The summed E-state index contributed by atoms with van der Waals surface area (Å²) in [6.45, 7) is 2.60. The van der Waals surface area contributed by atoms with Gasteiger partial charge in [0, 0.05) is 0 Å². The fraction of sp³-hybridized carbons (Fsp3) is 0.900. The van der Waals surface area contributed by atoms with Crippen LogP contribution in [0.25, 0.3) is 0 Å². The number of carbonyl (C=O) groups is 2. The zero-order chi connectivity index (χ0) is 17.7. The number of hydrogen-bond acceptors (Lipinski definition) is 3. The molecular formula is C20H36O4. The van der Waals surface area contributed by atoms with Gasteiger partial charge in [0.15, 0.2) is 5.41 Å². The van der Waals surface area contributed by atoms with Gasteiger partial charge in [-0.15, -0.1) is 0 Å². The van der Waals surface area contributed by atoms with Crippen molar-refractivity contribution in [2.45, 2.75) is 103 Å². The molecule has 1 saturated carbocycles. The fourth-order valence-electron chi connectivity index (χ4n) is 3.55. The normalized spacial score (nSPS) is 16.7. The Morgan fingerprint density at radius 3 is 1.83 bits per heavy atom. The monoisotopic (exact) mass is 340 g/mol. The first kappa shape index (κ1) is 21.0. The summed E-state index contributed by atoms with van der Waals surface area (Å²) in [7, 11) is 0. The summed E-state index contributed by atoms with van der Waals surface area (Å²) in [6.07, 6.45) is 15.8. The van der Waals surface area contributed by atoms with Crippen LogP contribution in [0.1, 0.15) is 103 Å². The number of hydrogen-bond donors (Lipinski definition) is 1. The van der Waals surface area contributed by atoms with Gasteiger partial charge in [0.1, 0.15) is 0 Å². The van der Waals surface area contributed by atoms with Crippen LogP contribution in [0, 0.1) is 5.41 Å². The molecule has 1 aliphatic carbocycles. The average Bonchev–Trinajstić information content (AvgIpc) is 2.60. The molecule has 0 aromatic rings. The Labute approximate surface area is 147 Å².